The van der Waals surface area contributed by atoms with E-state index in [2.05, 4.69) is 41.7 Å². The number of pyridine rings is 1. The Kier molecular flexibility index (Phi) is 25.5. The van der Waals surface area contributed by atoms with Crippen LogP contribution >= 0.6 is 0 Å². The number of amides is 3. The van der Waals surface area contributed by atoms with E-state index in [0.29, 0.717) is 41.2 Å². The van der Waals surface area contributed by atoms with Crippen LogP contribution in [-0.2, 0) is 48.4 Å². The molecule has 380 valence electrons. The number of carbonyl (C=O) groups is 5. The van der Waals surface area contributed by atoms with Crippen molar-refractivity contribution in [1.82, 2.24) is 20.9 Å². The summed E-state index contributed by atoms with van der Waals surface area (Å²) in [6.07, 6.45) is 11.3. The van der Waals surface area contributed by atoms with Gasteiger partial charge in [0.05, 0.1) is 21.3 Å². The number of nitrogens with one attached hydrogen (secondary N) is 3. The van der Waals surface area contributed by atoms with Crippen molar-refractivity contribution in [3.63, 3.8) is 0 Å². The number of carbonyl (C=O) groups excluding carboxylic acids is 5. The van der Waals surface area contributed by atoms with Gasteiger partial charge in [-0.1, -0.05) is 24.3 Å². The second kappa shape index (κ2) is 31.4. The van der Waals surface area contributed by atoms with Gasteiger partial charge in [0.15, 0.2) is 0 Å². The predicted octanol–water partition coefficient (Wildman–Crippen LogP) is 9.11. The van der Waals surface area contributed by atoms with Gasteiger partial charge in [0.1, 0.15) is 36.5 Å². The summed E-state index contributed by atoms with van der Waals surface area (Å²) < 4.78 is 37.3. The van der Waals surface area contributed by atoms with Gasteiger partial charge in [0.25, 0.3) is 0 Å². The number of unbranched alkanes of at least 4 members (excludes halogenated alkanes) is 4. The molecule has 3 amide bonds. The molecule has 4 aromatic rings. The van der Waals surface area contributed by atoms with Gasteiger partial charge in [-0.25, -0.2) is 9.59 Å². The van der Waals surface area contributed by atoms with Crippen molar-refractivity contribution in [3.8, 4) is 17.2 Å². The van der Waals surface area contributed by atoms with Crippen LogP contribution in [0.1, 0.15) is 118 Å². The van der Waals surface area contributed by atoms with Gasteiger partial charge in [0, 0.05) is 6.42 Å². The molecule has 3 aromatic carbocycles. The molecule has 0 saturated carbocycles. The molecular formula is C54H74N4O11Sn. The molecule has 1 heterocycles. The molecule has 2 unspecified atom stereocenters. The first kappa shape index (κ1) is 56.7. The van der Waals surface area contributed by atoms with E-state index in [1.54, 1.807) is 88.2 Å². The SMILES string of the molecule is CCC[CH2][Sn]([CH2]CCC)([CH2]CCC)[c]1cncc(C(=O)NC(CCCCNC(=O)NC(CCC(=O)OCc2ccc(OC)cc2)C(=O)OCc2ccc(OC)cc2)C(=O)OCc2ccc(OC)cc2)c1. The van der Waals surface area contributed by atoms with Crippen LogP contribution in [0.25, 0.3) is 0 Å². The van der Waals surface area contributed by atoms with Crippen molar-refractivity contribution in [1.29, 1.82) is 0 Å². The molecular weight excluding hydrogens is 999 g/mol. The fourth-order valence-corrected chi connectivity index (χ4v) is 23.8. The van der Waals surface area contributed by atoms with Crippen LogP contribution in [0.4, 0.5) is 4.79 Å². The van der Waals surface area contributed by atoms with Crippen molar-refractivity contribution in [2.24, 2.45) is 0 Å². The normalized spacial score (nSPS) is 11.9. The zero-order valence-electron chi connectivity index (χ0n) is 42.0. The number of esters is 3. The molecule has 2 atom stereocenters. The molecule has 0 radical (unpaired) electrons. The van der Waals surface area contributed by atoms with Gasteiger partial charge in [-0.15, -0.1) is 0 Å². The van der Waals surface area contributed by atoms with E-state index in [1.807, 2.05) is 24.4 Å². The minimum absolute atomic E-state index is 0.00132. The number of hydrogen-bond donors (Lipinski definition) is 3. The summed E-state index contributed by atoms with van der Waals surface area (Å²) in [5.41, 5.74) is 2.65. The van der Waals surface area contributed by atoms with Crippen molar-refractivity contribution in [2.45, 2.75) is 137 Å². The number of nitrogens with zero attached hydrogens (tertiary/aromatic N) is 1. The van der Waals surface area contributed by atoms with Crippen LogP contribution in [0.5, 0.6) is 17.2 Å². The molecule has 70 heavy (non-hydrogen) atoms. The Balaban J connectivity index is 1.40. The molecule has 0 aliphatic rings. The van der Waals surface area contributed by atoms with E-state index >= 15 is 0 Å². The summed E-state index contributed by atoms with van der Waals surface area (Å²) in [5, 5.41) is 8.39. The second-order valence-corrected chi connectivity index (χ2v) is 30.7. The summed E-state index contributed by atoms with van der Waals surface area (Å²) in [7, 11) is 4.69. The molecule has 0 aliphatic heterocycles. The van der Waals surface area contributed by atoms with Crippen molar-refractivity contribution in [2.75, 3.05) is 27.9 Å². The first-order chi connectivity index (χ1) is 34.0. The topological polar surface area (TPSA) is 190 Å². The fraction of sp³-hybridized carbons (Fsp3) is 0.481. The Bertz CT molecular complexity index is 2190. The predicted molar refractivity (Wildman–Crippen MR) is 272 cm³/mol. The Morgan fingerprint density at radius 3 is 1.47 bits per heavy atom. The maximum atomic E-state index is 14.0. The van der Waals surface area contributed by atoms with Crippen molar-refractivity contribution < 1.29 is 52.4 Å². The number of aromatic nitrogens is 1. The van der Waals surface area contributed by atoms with Crippen LogP contribution in [0.3, 0.4) is 0 Å². The number of methoxy groups -OCH3 is 3. The second-order valence-electron chi connectivity index (χ2n) is 17.5. The number of ether oxygens (including phenoxy) is 6. The van der Waals surface area contributed by atoms with Gasteiger partial charge < -0.3 is 29.0 Å². The van der Waals surface area contributed by atoms with Crippen LogP contribution in [0.15, 0.2) is 91.3 Å². The number of hydrogen-bond acceptors (Lipinski definition) is 12. The van der Waals surface area contributed by atoms with Crippen molar-refractivity contribution in [3.05, 3.63) is 114 Å². The molecule has 3 N–H and O–H groups in total. The van der Waals surface area contributed by atoms with Crippen LogP contribution in [-0.4, -0.2) is 93.2 Å². The maximum absolute atomic E-state index is 14.0. The van der Waals surface area contributed by atoms with E-state index in [-0.39, 0.29) is 45.6 Å². The molecule has 4 rings (SSSR count). The molecule has 0 aliphatic carbocycles. The molecule has 0 fully saturated rings. The molecule has 16 heteroatoms. The van der Waals surface area contributed by atoms with Gasteiger partial charge in [-0.2, -0.15) is 0 Å². The van der Waals surface area contributed by atoms with Crippen molar-refractivity contribution >= 4 is 51.8 Å². The van der Waals surface area contributed by atoms with E-state index in [0.717, 1.165) is 30.4 Å². The summed E-state index contributed by atoms with van der Waals surface area (Å²) in [6, 6.07) is 20.5. The molecule has 0 bridgehead atoms. The zero-order chi connectivity index (χ0) is 50.6. The standard InChI is InChI=1S/C42H47N4O11.3C4H9.Sn/c1-52-33-15-9-29(10-16-33)26-55-38(47)22-21-37(41(50)57-28-31-13-19-35(54-3)20-14-31)46-42(51)44-24-5-4-8-36(45-39(48)32-7-6-23-43-25-32)40(49)56-27-30-11-17-34(53-2)18-12-30;3*1-3-4-2;/h7,9-20,23,25,36-37H,4-5,8,21-22,24,26-28H2,1-3H3,(H,45,48)(H2,44,46,51);3*1,3-4H2,2H3;. The van der Waals surface area contributed by atoms with E-state index in [4.69, 9.17) is 28.4 Å². The Morgan fingerprint density at radius 2 is 1.01 bits per heavy atom. The molecule has 15 nitrogen and oxygen atoms in total. The van der Waals surface area contributed by atoms with E-state index in [1.165, 1.54) is 36.2 Å². The third-order valence-electron chi connectivity index (χ3n) is 12.3. The van der Waals surface area contributed by atoms with E-state index < -0.39 is 60.3 Å². The molecule has 0 saturated heterocycles. The monoisotopic (exact) mass is 1070 g/mol. The van der Waals surface area contributed by atoms with Gasteiger partial charge >= 0.3 is 247 Å². The van der Waals surface area contributed by atoms with Gasteiger partial charge in [-0.05, 0) is 41.8 Å². The Hall–Kier alpha value is -5.84. The van der Waals surface area contributed by atoms with Gasteiger partial charge in [-0.3, -0.25) is 4.79 Å². The van der Waals surface area contributed by atoms with E-state index in [9.17, 15) is 24.0 Å². The summed E-state index contributed by atoms with van der Waals surface area (Å²) in [6.45, 7) is 6.83. The third-order valence-corrected chi connectivity index (χ3v) is 27.8. The van der Waals surface area contributed by atoms with Crippen LogP contribution in [0, 0.1) is 0 Å². The Morgan fingerprint density at radius 1 is 0.557 bits per heavy atom. The van der Waals surface area contributed by atoms with Crippen LogP contribution in [0.2, 0.25) is 13.3 Å². The Labute approximate surface area is 418 Å². The molecule has 0 spiro atoms. The fourth-order valence-electron chi connectivity index (χ4n) is 8.01. The minimum atomic E-state index is -2.93. The average Bonchev–Trinajstić information content (AvgIpc) is 3.39. The first-order valence-corrected chi connectivity index (χ1v) is 32.1. The zero-order valence-corrected chi connectivity index (χ0v) is 44.8. The third kappa shape index (κ3) is 19.5. The van der Waals surface area contributed by atoms with Crippen LogP contribution < -0.4 is 33.7 Å². The summed E-state index contributed by atoms with van der Waals surface area (Å²) in [4.78, 5) is 71.8. The molecule has 1 aromatic heterocycles. The number of benzene rings is 3. The van der Waals surface area contributed by atoms with Gasteiger partial charge in [0.2, 0.25) is 0 Å². The first-order valence-electron chi connectivity index (χ1n) is 24.6. The average molecular weight is 1070 g/mol. The summed E-state index contributed by atoms with van der Waals surface area (Å²) in [5.74, 6) is -0.263. The number of rotatable bonds is 32. The summed E-state index contributed by atoms with van der Waals surface area (Å²) >= 11 is -2.93. The quantitative estimate of drug-likeness (QED) is 0.0182. The number of urea groups is 1.